The summed E-state index contributed by atoms with van der Waals surface area (Å²) in [6, 6.07) is 7.25. The fourth-order valence-corrected chi connectivity index (χ4v) is 1.18. The Balaban J connectivity index is 2.96. The number of carbonyl (C=O) groups is 1. The van der Waals surface area contributed by atoms with Crippen molar-refractivity contribution < 1.29 is 9.90 Å². The molecule has 1 atom stereocenters. The Bertz CT molecular complexity index is 323. The van der Waals surface area contributed by atoms with Crippen LogP contribution in [-0.4, -0.2) is 16.5 Å². The minimum absolute atomic E-state index is 0.208. The SMILES string of the molecule is CCC(C)(O)C(=O)c1ccc(C)cc1. The molecule has 0 saturated carbocycles. The van der Waals surface area contributed by atoms with Crippen LogP contribution >= 0.6 is 0 Å². The average Bonchev–Trinajstić information content (AvgIpc) is 2.18. The summed E-state index contributed by atoms with van der Waals surface area (Å²) in [6.07, 6.45) is 0.430. The molecule has 1 unspecified atom stereocenters. The van der Waals surface area contributed by atoms with Gasteiger partial charge in [0.2, 0.25) is 0 Å². The maximum absolute atomic E-state index is 11.8. The van der Waals surface area contributed by atoms with Crippen LogP contribution in [0.2, 0.25) is 0 Å². The zero-order valence-electron chi connectivity index (χ0n) is 8.87. The Labute approximate surface area is 84.6 Å². The fraction of sp³-hybridized carbons (Fsp3) is 0.417. The summed E-state index contributed by atoms with van der Waals surface area (Å²) >= 11 is 0. The summed E-state index contributed by atoms with van der Waals surface area (Å²) in [5.74, 6) is -0.208. The summed E-state index contributed by atoms with van der Waals surface area (Å²) in [4.78, 5) is 11.8. The normalized spacial score (nSPS) is 14.9. The molecule has 1 aromatic rings. The maximum atomic E-state index is 11.8. The number of Topliss-reactive ketones (excluding diaryl/α,β-unsaturated/α-hetero) is 1. The van der Waals surface area contributed by atoms with Gasteiger partial charge >= 0.3 is 0 Å². The molecule has 1 aromatic carbocycles. The van der Waals surface area contributed by atoms with E-state index < -0.39 is 5.60 Å². The van der Waals surface area contributed by atoms with E-state index in [1.807, 2.05) is 19.1 Å². The molecule has 2 heteroatoms. The molecule has 76 valence electrons. The van der Waals surface area contributed by atoms with Gasteiger partial charge in [0.25, 0.3) is 0 Å². The lowest BCUT2D eigenvalue weighted by molar-refractivity contribution is 0.0390. The molecule has 0 aromatic heterocycles. The number of aliphatic hydroxyl groups is 1. The van der Waals surface area contributed by atoms with Crippen molar-refractivity contribution in [2.24, 2.45) is 0 Å². The number of ketones is 1. The van der Waals surface area contributed by atoms with Crippen molar-refractivity contribution in [2.45, 2.75) is 32.8 Å². The Morgan fingerprint density at radius 1 is 1.36 bits per heavy atom. The van der Waals surface area contributed by atoms with Crippen LogP contribution in [0.3, 0.4) is 0 Å². The predicted molar refractivity (Wildman–Crippen MR) is 56.4 cm³/mol. The van der Waals surface area contributed by atoms with Crippen molar-refractivity contribution in [1.82, 2.24) is 0 Å². The first-order valence-corrected chi connectivity index (χ1v) is 4.81. The average molecular weight is 192 g/mol. The first-order chi connectivity index (χ1) is 6.47. The first-order valence-electron chi connectivity index (χ1n) is 4.81. The molecule has 0 radical (unpaired) electrons. The van der Waals surface area contributed by atoms with Crippen molar-refractivity contribution >= 4 is 5.78 Å². The highest BCUT2D eigenvalue weighted by Gasteiger charge is 2.28. The second-order valence-corrected chi connectivity index (χ2v) is 3.82. The molecular formula is C12H16O2. The molecule has 0 fully saturated rings. The Morgan fingerprint density at radius 2 is 1.86 bits per heavy atom. The molecular weight excluding hydrogens is 176 g/mol. The largest absolute Gasteiger partial charge is 0.382 e. The zero-order chi connectivity index (χ0) is 10.8. The van der Waals surface area contributed by atoms with E-state index in [0.29, 0.717) is 12.0 Å². The molecule has 2 nitrogen and oxygen atoms in total. The molecule has 0 aliphatic heterocycles. The minimum atomic E-state index is -1.24. The smallest absolute Gasteiger partial charge is 0.194 e. The van der Waals surface area contributed by atoms with Gasteiger partial charge in [-0.25, -0.2) is 0 Å². The monoisotopic (exact) mass is 192 g/mol. The van der Waals surface area contributed by atoms with Gasteiger partial charge in [-0.2, -0.15) is 0 Å². The van der Waals surface area contributed by atoms with Crippen LogP contribution in [0, 0.1) is 6.92 Å². The van der Waals surface area contributed by atoms with Crippen LogP contribution in [0.25, 0.3) is 0 Å². The quantitative estimate of drug-likeness (QED) is 0.746. The van der Waals surface area contributed by atoms with Gasteiger partial charge < -0.3 is 5.11 Å². The lowest BCUT2D eigenvalue weighted by Gasteiger charge is -2.19. The van der Waals surface area contributed by atoms with E-state index in [-0.39, 0.29) is 5.78 Å². The summed E-state index contributed by atoms with van der Waals surface area (Å²) in [5, 5.41) is 9.76. The molecule has 0 aliphatic carbocycles. The van der Waals surface area contributed by atoms with Crippen LogP contribution in [0.4, 0.5) is 0 Å². The van der Waals surface area contributed by atoms with E-state index in [1.165, 1.54) is 0 Å². The van der Waals surface area contributed by atoms with Crippen LogP contribution in [-0.2, 0) is 0 Å². The zero-order valence-corrected chi connectivity index (χ0v) is 8.87. The molecule has 1 N–H and O–H groups in total. The van der Waals surface area contributed by atoms with E-state index in [1.54, 1.807) is 26.0 Å². The van der Waals surface area contributed by atoms with Gasteiger partial charge in [-0.1, -0.05) is 36.8 Å². The predicted octanol–water partition coefficient (Wildman–Crippen LogP) is 2.34. The second kappa shape index (κ2) is 3.93. The van der Waals surface area contributed by atoms with E-state index in [4.69, 9.17) is 0 Å². The number of aryl methyl sites for hydroxylation is 1. The topological polar surface area (TPSA) is 37.3 Å². The Hall–Kier alpha value is -1.15. The highest BCUT2D eigenvalue weighted by Crippen LogP contribution is 2.16. The van der Waals surface area contributed by atoms with Crippen LogP contribution < -0.4 is 0 Å². The number of benzene rings is 1. The van der Waals surface area contributed by atoms with Gasteiger partial charge in [-0.3, -0.25) is 4.79 Å². The first kappa shape index (κ1) is 10.9. The van der Waals surface area contributed by atoms with Gasteiger partial charge in [0.1, 0.15) is 5.60 Å². The van der Waals surface area contributed by atoms with Gasteiger partial charge in [-0.05, 0) is 20.3 Å². The third kappa shape index (κ3) is 2.20. The van der Waals surface area contributed by atoms with Crippen LogP contribution in [0.5, 0.6) is 0 Å². The van der Waals surface area contributed by atoms with Crippen LogP contribution in [0.15, 0.2) is 24.3 Å². The highest BCUT2D eigenvalue weighted by atomic mass is 16.3. The molecule has 0 amide bonds. The summed E-state index contributed by atoms with van der Waals surface area (Å²) in [5.41, 5.74) is 0.440. The Kier molecular flexibility index (Phi) is 3.06. The molecule has 0 spiro atoms. The third-order valence-electron chi connectivity index (χ3n) is 2.49. The van der Waals surface area contributed by atoms with Crippen molar-refractivity contribution in [3.05, 3.63) is 35.4 Å². The van der Waals surface area contributed by atoms with E-state index >= 15 is 0 Å². The van der Waals surface area contributed by atoms with E-state index in [2.05, 4.69) is 0 Å². The number of carbonyl (C=O) groups excluding carboxylic acids is 1. The molecule has 0 bridgehead atoms. The number of rotatable bonds is 3. The van der Waals surface area contributed by atoms with Crippen molar-refractivity contribution in [3.63, 3.8) is 0 Å². The second-order valence-electron chi connectivity index (χ2n) is 3.82. The molecule has 14 heavy (non-hydrogen) atoms. The van der Waals surface area contributed by atoms with E-state index in [9.17, 15) is 9.90 Å². The molecule has 0 aliphatic rings. The fourth-order valence-electron chi connectivity index (χ4n) is 1.18. The lowest BCUT2D eigenvalue weighted by atomic mass is 9.92. The summed E-state index contributed by atoms with van der Waals surface area (Å²) < 4.78 is 0. The number of hydrogen-bond donors (Lipinski definition) is 1. The van der Waals surface area contributed by atoms with Crippen molar-refractivity contribution in [3.8, 4) is 0 Å². The molecule has 1 rings (SSSR count). The standard InChI is InChI=1S/C12H16O2/c1-4-12(3,14)11(13)10-7-5-9(2)6-8-10/h5-8,14H,4H2,1-3H3. The van der Waals surface area contributed by atoms with Gasteiger partial charge in [0, 0.05) is 5.56 Å². The number of hydrogen-bond acceptors (Lipinski definition) is 2. The summed E-state index contributed by atoms with van der Waals surface area (Å²) in [6.45, 7) is 5.31. The third-order valence-corrected chi connectivity index (χ3v) is 2.49. The van der Waals surface area contributed by atoms with Gasteiger partial charge in [-0.15, -0.1) is 0 Å². The highest BCUT2D eigenvalue weighted by molar-refractivity contribution is 6.01. The van der Waals surface area contributed by atoms with E-state index in [0.717, 1.165) is 5.56 Å². The maximum Gasteiger partial charge on any atom is 0.194 e. The minimum Gasteiger partial charge on any atom is -0.382 e. The molecule has 0 heterocycles. The van der Waals surface area contributed by atoms with Crippen molar-refractivity contribution in [2.75, 3.05) is 0 Å². The van der Waals surface area contributed by atoms with Gasteiger partial charge in [0.05, 0.1) is 0 Å². The van der Waals surface area contributed by atoms with Crippen molar-refractivity contribution in [1.29, 1.82) is 0 Å². The van der Waals surface area contributed by atoms with Gasteiger partial charge in [0.15, 0.2) is 5.78 Å². The van der Waals surface area contributed by atoms with Crippen LogP contribution in [0.1, 0.15) is 36.2 Å². The lowest BCUT2D eigenvalue weighted by Crippen LogP contribution is -2.34. The Morgan fingerprint density at radius 3 is 2.29 bits per heavy atom. The molecule has 0 saturated heterocycles. The summed E-state index contributed by atoms with van der Waals surface area (Å²) in [7, 11) is 0.